The maximum atomic E-state index is 5.25. The van der Waals surface area contributed by atoms with Gasteiger partial charge in [0.2, 0.25) is 0 Å². The third-order valence-corrected chi connectivity index (χ3v) is 6.34. The van der Waals surface area contributed by atoms with Gasteiger partial charge in [0.25, 0.3) is 0 Å². The van der Waals surface area contributed by atoms with E-state index in [1.54, 1.807) is 0 Å². The highest BCUT2D eigenvalue weighted by Crippen LogP contribution is 2.33. The highest BCUT2D eigenvalue weighted by Gasteiger charge is 2.17. The van der Waals surface area contributed by atoms with Crippen LogP contribution < -0.4 is 0 Å². The van der Waals surface area contributed by atoms with Crippen molar-refractivity contribution >= 4 is 32.8 Å². The predicted octanol–water partition coefficient (Wildman–Crippen LogP) is 7.18. The average Bonchev–Trinajstić information content (AvgIpc) is 3.27. The minimum absolute atomic E-state index is 0.815. The molecule has 0 aliphatic carbocycles. The lowest BCUT2D eigenvalue weighted by Crippen LogP contribution is -2.05. The van der Waals surface area contributed by atoms with Gasteiger partial charge in [-0.2, -0.15) is 0 Å². The molecule has 0 unspecified atom stereocenters. The van der Waals surface area contributed by atoms with Crippen molar-refractivity contribution in [3.63, 3.8) is 0 Å². The molecule has 0 fully saturated rings. The number of hydrogen-bond donors (Lipinski definition) is 0. The zero-order valence-electron chi connectivity index (χ0n) is 19.4. The summed E-state index contributed by atoms with van der Waals surface area (Å²) in [6.45, 7) is 8.69. The molecule has 0 atom stereocenters. The molecule has 0 bridgehead atoms. The Labute approximate surface area is 184 Å². The summed E-state index contributed by atoms with van der Waals surface area (Å²) in [7, 11) is 0. The first-order valence-corrected chi connectivity index (χ1v) is 12.0. The molecular formula is C26H34N4O. The van der Waals surface area contributed by atoms with Crippen molar-refractivity contribution in [3.05, 3.63) is 34.6 Å². The fourth-order valence-corrected chi connectivity index (χ4v) is 4.55. The summed E-state index contributed by atoms with van der Waals surface area (Å²) in [5, 5.41) is 10.4. The van der Waals surface area contributed by atoms with E-state index < -0.39 is 0 Å². The van der Waals surface area contributed by atoms with Gasteiger partial charge in [-0.15, -0.1) is 0 Å². The van der Waals surface area contributed by atoms with Crippen LogP contribution in [-0.2, 0) is 12.8 Å². The molecule has 0 N–H and O–H groups in total. The lowest BCUT2D eigenvalue weighted by Gasteiger charge is -2.13. The molecule has 2 aromatic carbocycles. The molecule has 4 aromatic rings. The van der Waals surface area contributed by atoms with E-state index in [1.165, 1.54) is 62.8 Å². The van der Waals surface area contributed by atoms with Crippen LogP contribution in [0.4, 0.5) is 0 Å². The van der Waals surface area contributed by atoms with Crippen molar-refractivity contribution in [2.24, 2.45) is 0 Å². The summed E-state index contributed by atoms with van der Waals surface area (Å²) in [6.07, 6.45) is 12.0. The maximum absolute atomic E-state index is 5.25. The van der Waals surface area contributed by atoms with Gasteiger partial charge in [0, 0.05) is 10.8 Å². The lowest BCUT2D eigenvalue weighted by molar-refractivity contribution is 0.315. The molecule has 4 rings (SSSR count). The van der Waals surface area contributed by atoms with Crippen molar-refractivity contribution in [2.75, 3.05) is 0 Å². The Balaban J connectivity index is 1.83. The van der Waals surface area contributed by atoms with Gasteiger partial charge < -0.3 is 0 Å². The van der Waals surface area contributed by atoms with E-state index in [0.29, 0.717) is 0 Å². The molecule has 0 aliphatic heterocycles. The molecule has 164 valence electrons. The van der Waals surface area contributed by atoms with Crippen LogP contribution in [0.1, 0.15) is 87.7 Å². The van der Waals surface area contributed by atoms with Crippen LogP contribution in [0.5, 0.6) is 0 Å². The van der Waals surface area contributed by atoms with E-state index in [0.717, 1.165) is 56.8 Å². The van der Waals surface area contributed by atoms with Crippen LogP contribution in [0.25, 0.3) is 32.8 Å². The van der Waals surface area contributed by atoms with Gasteiger partial charge >= 0.3 is 0 Å². The standard InChI is InChI=1S/C26H34N4O/c1-5-7-9-11-13-21-22(14-12-10-8-6-2)28-25-19-16-18(4)24-26(30-31-29-24)20(19)15-17(3)23(25)27-21/h15-16H,5-14H2,1-4H3. The van der Waals surface area contributed by atoms with Crippen LogP contribution in [0.2, 0.25) is 0 Å². The topological polar surface area (TPSA) is 64.7 Å². The highest BCUT2D eigenvalue weighted by atomic mass is 16.6. The molecule has 0 saturated carbocycles. The van der Waals surface area contributed by atoms with Gasteiger partial charge in [-0.3, -0.25) is 0 Å². The summed E-state index contributed by atoms with van der Waals surface area (Å²) in [5.41, 5.74) is 8.23. The maximum Gasteiger partial charge on any atom is 0.143 e. The van der Waals surface area contributed by atoms with Crippen LogP contribution >= 0.6 is 0 Å². The third-order valence-electron chi connectivity index (χ3n) is 6.34. The molecule has 0 aliphatic rings. The van der Waals surface area contributed by atoms with Crippen LogP contribution in [0.3, 0.4) is 0 Å². The minimum Gasteiger partial charge on any atom is -0.249 e. The first-order valence-electron chi connectivity index (χ1n) is 12.0. The minimum atomic E-state index is 0.815. The van der Waals surface area contributed by atoms with Gasteiger partial charge in [0.15, 0.2) is 0 Å². The number of rotatable bonds is 10. The van der Waals surface area contributed by atoms with Crippen molar-refractivity contribution < 1.29 is 4.63 Å². The number of nitrogens with zero attached hydrogens (tertiary/aromatic N) is 4. The zero-order valence-corrected chi connectivity index (χ0v) is 19.4. The average molecular weight is 419 g/mol. The predicted molar refractivity (Wildman–Crippen MR) is 128 cm³/mol. The van der Waals surface area contributed by atoms with E-state index in [2.05, 4.69) is 50.1 Å². The van der Waals surface area contributed by atoms with Crippen molar-refractivity contribution in [1.82, 2.24) is 20.3 Å². The summed E-state index contributed by atoms with van der Waals surface area (Å²) < 4.78 is 5.05. The first-order chi connectivity index (χ1) is 15.1. The van der Waals surface area contributed by atoms with Crippen molar-refractivity contribution in [2.45, 2.75) is 91.9 Å². The van der Waals surface area contributed by atoms with Gasteiger partial charge in [-0.1, -0.05) is 52.4 Å². The fourth-order valence-electron chi connectivity index (χ4n) is 4.55. The molecule has 0 spiro atoms. The second-order valence-corrected chi connectivity index (χ2v) is 8.88. The zero-order chi connectivity index (χ0) is 21.8. The Morgan fingerprint density at radius 2 is 1.13 bits per heavy atom. The Morgan fingerprint density at radius 1 is 0.613 bits per heavy atom. The van der Waals surface area contributed by atoms with Gasteiger partial charge in [-0.25, -0.2) is 14.6 Å². The normalized spacial score (nSPS) is 11.9. The van der Waals surface area contributed by atoms with Gasteiger partial charge in [-0.05, 0) is 73.1 Å². The van der Waals surface area contributed by atoms with E-state index in [4.69, 9.17) is 14.6 Å². The monoisotopic (exact) mass is 418 g/mol. The fraction of sp³-hybridized carbons (Fsp3) is 0.538. The smallest absolute Gasteiger partial charge is 0.143 e. The summed E-state index contributed by atoms with van der Waals surface area (Å²) >= 11 is 0. The summed E-state index contributed by atoms with van der Waals surface area (Å²) in [4.78, 5) is 10.4. The lowest BCUT2D eigenvalue weighted by atomic mass is 9.99. The van der Waals surface area contributed by atoms with Crippen LogP contribution in [-0.4, -0.2) is 20.3 Å². The Hall–Kier alpha value is -2.56. The summed E-state index contributed by atoms with van der Waals surface area (Å²) in [6, 6.07) is 4.33. The molecule has 31 heavy (non-hydrogen) atoms. The third kappa shape index (κ3) is 4.41. The van der Waals surface area contributed by atoms with E-state index in [1.807, 2.05) is 0 Å². The molecule has 5 nitrogen and oxygen atoms in total. The van der Waals surface area contributed by atoms with Crippen molar-refractivity contribution in [1.29, 1.82) is 0 Å². The molecule has 2 heterocycles. The SMILES string of the molecule is CCCCCCc1nc2c(C)cc3c(cc(C)c4nonc43)c2nc1CCCCCC. The number of unbranched alkanes of at least 4 members (excludes halogenated alkanes) is 6. The number of hydrogen-bond acceptors (Lipinski definition) is 5. The largest absolute Gasteiger partial charge is 0.249 e. The summed E-state index contributed by atoms with van der Waals surface area (Å²) in [5.74, 6) is 0. The molecule has 0 radical (unpaired) electrons. The molecular weight excluding hydrogens is 384 g/mol. The Bertz CT molecular complexity index is 1190. The Kier molecular flexibility index (Phi) is 6.79. The van der Waals surface area contributed by atoms with E-state index in [-0.39, 0.29) is 0 Å². The Morgan fingerprint density at radius 3 is 1.74 bits per heavy atom. The number of benzene rings is 2. The van der Waals surface area contributed by atoms with Gasteiger partial charge in [0.1, 0.15) is 11.0 Å². The number of aromatic nitrogens is 4. The van der Waals surface area contributed by atoms with E-state index in [9.17, 15) is 0 Å². The van der Waals surface area contributed by atoms with Crippen LogP contribution in [0.15, 0.2) is 16.8 Å². The van der Waals surface area contributed by atoms with Crippen LogP contribution in [0, 0.1) is 13.8 Å². The number of fused-ring (bicyclic) bond motifs is 5. The van der Waals surface area contributed by atoms with Crippen molar-refractivity contribution in [3.8, 4) is 0 Å². The van der Waals surface area contributed by atoms with E-state index >= 15 is 0 Å². The second kappa shape index (κ2) is 9.71. The van der Waals surface area contributed by atoms with Gasteiger partial charge in [0.05, 0.1) is 22.4 Å². The highest BCUT2D eigenvalue weighted by molar-refractivity contribution is 6.15. The first kappa shape index (κ1) is 21.7. The quantitative estimate of drug-likeness (QED) is 0.201. The molecule has 0 amide bonds. The second-order valence-electron chi connectivity index (χ2n) is 8.88. The number of aryl methyl sites for hydroxylation is 4. The molecule has 2 aromatic heterocycles. The molecule has 5 heteroatoms. The molecule has 0 saturated heterocycles.